The number of hydrogen-bond acceptors (Lipinski definition) is 1. The quantitative estimate of drug-likeness (QED) is 0.667. The standard InChI is InChI=1S/C14H14O/c1-11-7-8-12(10-15)9-14(11)13-5-3-2-4-6-13/h2-11,14H,1H3/t11-,14-/m0/s1. The van der Waals surface area contributed by atoms with Gasteiger partial charge in [0.25, 0.3) is 0 Å². The van der Waals surface area contributed by atoms with Gasteiger partial charge in [-0.1, -0.05) is 55.5 Å². The Balaban J connectivity index is 2.33. The summed E-state index contributed by atoms with van der Waals surface area (Å²) in [6.07, 6.45) is 6.96. The Morgan fingerprint density at radius 2 is 1.93 bits per heavy atom. The molecular formula is C14H14O. The molecule has 0 heterocycles. The minimum absolute atomic E-state index is 0.330. The smallest absolute Gasteiger partial charge is 0.149 e. The van der Waals surface area contributed by atoms with E-state index in [9.17, 15) is 4.79 Å². The molecule has 15 heavy (non-hydrogen) atoms. The zero-order valence-corrected chi connectivity index (χ0v) is 8.76. The summed E-state index contributed by atoms with van der Waals surface area (Å²) in [4.78, 5) is 10.7. The normalized spacial score (nSPS) is 24.7. The molecule has 0 aromatic heterocycles. The summed E-state index contributed by atoms with van der Waals surface area (Å²) in [6.45, 7) is 2.17. The lowest BCUT2D eigenvalue weighted by molar-refractivity contribution is -0.104. The Bertz CT molecular complexity index is 401. The van der Waals surface area contributed by atoms with E-state index in [0.29, 0.717) is 11.8 Å². The molecule has 0 aliphatic heterocycles. The van der Waals surface area contributed by atoms with Gasteiger partial charge in [0, 0.05) is 11.5 Å². The van der Waals surface area contributed by atoms with E-state index in [4.69, 9.17) is 0 Å². The summed E-state index contributed by atoms with van der Waals surface area (Å²) in [7, 11) is 0. The highest BCUT2D eigenvalue weighted by atomic mass is 16.1. The summed E-state index contributed by atoms with van der Waals surface area (Å²) in [6, 6.07) is 10.3. The lowest BCUT2D eigenvalue weighted by atomic mass is 9.82. The molecule has 0 spiro atoms. The molecule has 1 aliphatic carbocycles. The topological polar surface area (TPSA) is 17.1 Å². The highest BCUT2D eigenvalue weighted by Crippen LogP contribution is 2.31. The SMILES string of the molecule is C[C@H]1C=CC(C=O)=C[C@@H]1c1ccccc1. The summed E-state index contributed by atoms with van der Waals surface area (Å²) in [5.74, 6) is 0.785. The number of aldehydes is 1. The van der Waals surface area contributed by atoms with Crippen LogP contribution in [0.3, 0.4) is 0 Å². The molecule has 2 rings (SSSR count). The molecule has 0 fully saturated rings. The maximum atomic E-state index is 10.7. The monoisotopic (exact) mass is 198 g/mol. The van der Waals surface area contributed by atoms with Gasteiger partial charge in [0.2, 0.25) is 0 Å². The molecule has 0 unspecified atom stereocenters. The van der Waals surface area contributed by atoms with Gasteiger partial charge in [0.1, 0.15) is 6.29 Å². The van der Waals surface area contributed by atoms with Crippen LogP contribution in [0.5, 0.6) is 0 Å². The molecule has 1 nitrogen and oxygen atoms in total. The van der Waals surface area contributed by atoms with Crippen molar-refractivity contribution in [3.05, 3.63) is 59.7 Å². The van der Waals surface area contributed by atoms with Crippen LogP contribution in [0.15, 0.2) is 54.1 Å². The van der Waals surface area contributed by atoms with Crippen molar-refractivity contribution < 1.29 is 4.79 Å². The average Bonchev–Trinajstić information content (AvgIpc) is 2.31. The van der Waals surface area contributed by atoms with Crippen LogP contribution >= 0.6 is 0 Å². The Labute approximate surface area is 90.1 Å². The highest BCUT2D eigenvalue weighted by Gasteiger charge is 2.18. The van der Waals surface area contributed by atoms with E-state index in [1.165, 1.54) is 5.56 Å². The van der Waals surface area contributed by atoms with Crippen molar-refractivity contribution in [1.29, 1.82) is 0 Å². The van der Waals surface area contributed by atoms with Crippen LogP contribution < -0.4 is 0 Å². The Kier molecular flexibility index (Phi) is 2.82. The van der Waals surface area contributed by atoms with Crippen LogP contribution in [0.4, 0.5) is 0 Å². The van der Waals surface area contributed by atoms with E-state index >= 15 is 0 Å². The predicted octanol–water partition coefficient (Wildman–Crippen LogP) is 3.10. The van der Waals surface area contributed by atoms with Crippen molar-refractivity contribution in [2.45, 2.75) is 12.8 Å². The lowest BCUT2D eigenvalue weighted by Crippen LogP contribution is -2.09. The molecular weight excluding hydrogens is 184 g/mol. The summed E-state index contributed by atoms with van der Waals surface area (Å²) in [5, 5.41) is 0. The molecule has 1 aromatic carbocycles. The first kappa shape index (κ1) is 9.91. The van der Waals surface area contributed by atoms with Crippen LogP contribution in [0, 0.1) is 5.92 Å². The molecule has 76 valence electrons. The average molecular weight is 198 g/mol. The first-order valence-corrected chi connectivity index (χ1v) is 5.21. The largest absolute Gasteiger partial charge is 0.298 e. The molecule has 0 saturated heterocycles. The van der Waals surface area contributed by atoms with Crippen molar-refractivity contribution in [1.82, 2.24) is 0 Å². The van der Waals surface area contributed by atoms with Gasteiger partial charge in [0.15, 0.2) is 0 Å². The van der Waals surface area contributed by atoms with Crippen molar-refractivity contribution in [2.75, 3.05) is 0 Å². The second kappa shape index (κ2) is 4.26. The maximum absolute atomic E-state index is 10.7. The number of carbonyl (C=O) groups is 1. The first-order valence-electron chi connectivity index (χ1n) is 5.21. The summed E-state index contributed by atoms with van der Waals surface area (Å²) < 4.78 is 0. The predicted molar refractivity (Wildman–Crippen MR) is 61.6 cm³/mol. The fourth-order valence-electron chi connectivity index (χ4n) is 1.95. The van der Waals surface area contributed by atoms with Crippen LogP contribution in [-0.2, 0) is 4.79 Å². The Morgan fingerprint density at radius 1 is 1.20 bits per heavy atom. The second-order valence-electron chi connectivity index (χ2n) is 3.94. The first-order chi connectivity index (χ1) is 7.31. The molecule has 1 aromatic rings. The van der Waals surface area contributed by atoms with E-state index in [2.05, 4.69) is 25.1 Å². The van der Waals surface area contributed by atoms with Gasteiger partial charge in [0.05, 0.1) is 0 Å². The van der Waals surface area contributed by atoms with Crippen LogP contribution in [0.25, 0.3) is 0 Å². The number of benzene rings is 1. The minimum Gasteiger partial charge on any atom is -0.298 e. The van der Waals surface area contributed by atoms with E-state index < -0.39 is 0 Å². The second-order valence-corrected chi connectivity index (χ2v) is 3.94. The van der Waals surface area contributed by atoms with Gasteiger partial charge in [-0.05, 0) is 11.5 Å². The van der Waals surface area contributed by atoms with Gasteiger partial charge in [-0.25, -0.2) is 0 Å². The molecule has 0 saturated carbocycles. The van der Waals surface area contributed by atoms with E-state index in [1.54, 1.807) is 0 Å². The number of allylic oxidation sites excluding steroid dienone is 4. The van der Waals surface area contributed by atoms with E-state index in [1.807, 2.05) is 30.4 Å². The highest BCUT2D eigenvalue weighted by molar-refractivity contribution is 5.78. The van der Waals surface area contributed by atoms with E-state index in [0.717, 1.165) is 11.9 Å². The lowest BCUT2D eigenvalue weighted by Gasteiger charge is -2.22. The number of rotatable bonds is 2. The third-order valence-electron chi connectivity index (χ3n) is 2.85. The van der Waals surface area contributed by atoms with Crippen molar-refractivity contribution in [3.8, 4) is 0 Å². The zero-order chi connectivity index (χ0) is 10.7. The zero-order valence-electron chi connectivity index (χ0n) is 8.76. The Morgan fingerprint density at radius 3 is 2.60 bits per heavy atom. The van der Waals surface area contributed by atoms with Gasteiger partial charge in [-0.15, -0.1) is 0 Å². The maximum Gasteiger partial charge on any atom is 0.149 e. The molecule has 2 atom stereocenters. The van der Waals surface area contributed by atoms with Gasteiger partial charge >= 0.3 is 0 Å². The third kappa shape index (κ3) is 2.07. The molecule has 0 bridgehead atoms. The fraction of sp³-hybridized carbons (Fsp3) is 0.214. The van der Waals surface area contributed by atoms with Crippen LogP contribution in [0.1, 0.15) is 18.4 Å². The Hall–Kier alpha value is -1.63. The molecule has 0 amide bonds. The summed E-state index contributed by atoms with van der Waals surface area (Å²) in [5.41, 5.74) is 2.05. The molecule has 1 aliphatic rings. The minimum atomic E-state index is 0.330. The van der Waals surface area contributed by atoms with Crippen molar-refractivity contribution in [3.63, 3.8) is 0 Å². The number of carbonyl (C=O) groups excluding carboxylic acids is 1. The van der Waals surface area contributed by atoms with Crippen molar-refractivity contribution in [2.24, 2.45) is 5.92 Å². The van der Waals surface area contributed by atoms with Crippen molar-refractivity contribution >= 4 is 6.29 Å². The summed E-state index contributed by atoms with van der Waals surface area (Å²) >= 11 is 0. The van der Waals surface area contributed by atoms with E-state index in [-0.39, 0.29) is 0 Å². The third-order valence-corrected chi connectivity index (χ3v) is 2.85. The van der Waals surface area contributed by atoms with Gasteiger partial charge in [-0.2, -0.15) is 0 Å². The van der Waals surface area contributed by atoms with Gasteiger partial charge < -0.3 is 0 Å². The number of hydrogen-bond donors (Lipinski definition) is 0. The van der Waals surface area contributed by atoms with Crippen LogP contribution in [0.2, 0.25) is 0 Å². The van der Waals surface area contributed by atoms with Crippen LogP contribution in [-0.4, -0.2) is 6.29 Å². The fourth-order valence-corrected chi connectivity index (χ4v) is 1.95. The molecule has 0 N–H and O–H groups in total. The molecule has 0 radical (unpaired) electrons. The molecule has 1 heteroatoms. The van der Waals surface area contributed by atoms with Gasteiger partial charge in [-0.3, -0.25) is 4.79 Å².